The molecule has 0 atom stereocenters. The topological polar surface area (TPSA) is 26.0 Å². The van der Waals surface area contributed by atoms with Gasteiger partial charge in [-0.05, 0) is 42.9 Å². The molecule has 1 aliphatic carbocycles. The number of hydrogen-bond donors (Lipinski definition) is 1. The normalized spacial score (nSPS) is 18.9. The predicted molar refractivity (Wildman–Crippen MR) is 75.1 cm³/mol. The van der Waals surface area contributed by atoms with E-state index >= 15 is 0 Å². The molecule has 1 nitrogen and oxygen atoms in total. The molecule has 0 unspecified atom stereocenters. The van der Waals surface area contributed by atoms with Crippen molar-refractivity contribution in [3.63, 3.8) is 0 Å². The van der Waals surface area contributed by atoms with Gasteiger partial charge in [0, 0.05) is 21.3 Å². The Labute approximate surface area is 110 Å². The van der Waals surface area contributed by atoms with E-state index in [-0.39, 0.29) is 5.41 Å². The van der Waals surface area contributed by atoms with Crippen LogP contribution in [0.1, 0.15) is 31.2 Å². The summed E-state index contributed by atoms with van der Waals surface area (Å²) in [5.41, 5.74) is 7.69. The fourth-order valence-electron chi connectivity index (χ4n) is 2.65. The first-order valence-electron chi connectivity index (χ1n) is 5.75. The summed E-state index contributed by atoms with van der Waals surface area (Å²) in [5.74, 6) is 0. The molecule has 2 N–H and O–H groups in total. The molecular weight excluding hydrogens is 282 g/mol. The average Bonchev–Trinajstić information content (AvgIpc) is 2.78. The van der Waals surface area contributed by atoms with Gasteiger partial charge in [-0.3, -0.25) is 0 Å². The minimum absolute atomic E-state index is 0.244. The van der Waals surface area contributed by atoms with Gasteiger partial charge in [-0.2, -0.15) is 0 Å². The maximum atomic E-state index is 6.02. The Morgan fingerprint density at radius 2 is 2.00 bits per heavy atom. The Bertz CT molecular complexity index is 372. The van der Waals surface area contributed by atoms with E-state index in [1.807, 2.05) is 0 Å². The first-order valence-corrected chi connectivity index (χ1v) is 7.77. The highest BCUT2D eigenvalue weighted by Crippen LogP contribution is 2.42. The summed E-state index contributed by atoms with van der Waals surface area (Å²) in [4.78, 5) is 1.32. The second-order valence-electron chi connectivity index (χ2n) is 4.57. The van der Waals surface area contributed by atoms with Crippen LogP contribution in [0.15, 0.2) is 27.6 Å². The van der Waals surface area contributed by atoms with Crippen molar-refractivity contribution < 1.29 is 0 Å². The third-order valence-electron chi connectivity index (χ3n) is 3.67. The van der Waals surface area contributed by atoms with Crippen molar-refractivity contribution in [2.45, 2.75) is 36.0 Å². The zero-order valence-electron chi connectivity index (χ0n) is 9.63. The van der Waals surface area contributed by atoms with Crippen molar-refractivity contribution in [1.29, 1.82) is 0 Å². The van der Waals surface area contributed by atoms with E-state index in [0.29, 0.717) is 0 Å². The molecule has 0 saturated heterocycles. The van der Waals surface area contributed by atoms with E-state index in [1.165, 1.54) is 40.6 Å². The molecule has 0 radical (unpaired) electrons. The molecule has 1 aromatic rings. The Morgan fingerprint density at radius 1 is 1.31 bits per heavy atom. The maximum Gasteiger partial charge on any atom is 0.0189 e. The lowest BCUT2D eigenvalue weighted by Gasteiger charge is -2.28. The molecule has 16 heavy (non-hydrogen) atoms. The van der Waals surface area contributed by atoms with Gasteiger partial charge in [-0.15, -0.1) is 11.8 Å². The van der Waals surface area contributed by atoms with E-state index in [2.05, 4.69) is 40.4 Å². The van der Waals surface area contributed by atoms with Crippen molar-refractivity contribution in [3.8, 4) is 0 Å². The summed E-state index contributed by atoms with van der Waals surface area (Å²) in [7, 11) is 0. The molecule has 1 fully saturated rings. The van der Waals surface area contributed by atoms with Gasteiger partial charge < -0.3 is 5.73 Å². The van der Waals surface area contributed by atoms with E-state index in [1.54, 1.807) is 11.8 Å². The molecule has 1 aliphatic rings. The lowest BCUT2D eigenvalue weighted by atomic mass is 9.79. The van der Waals surface area contributed by atoms with E-state index in [4.69, 9.17) is 5.73 Å². The SMILES string of the molecule is CSc1cc(Br)cc(C2(CN)CCCC2)c1. The van der Waals surface area contributed by atoms with Crippen LogP contribution < -0.4 is 5.73 Å². The summed E-state index contributed by atoms with van der Waals surface area (Å²) in [6.45, 7) is 0.775. The molecule has 0 aromatic heterocycles. The van der Waals surface area contributed by atoms with Crippen molar-refractivity contribution in [2.75, 3.05) is 12.8 Å². The smallest absolute Gasteiger partial charge is 0.0189 e. The van der Waals surface area contributed by atoms with Crippen LogP contribution in [0.3, 0.4) is 0 Å². The van der Waals surface area contributed by atoms with E-state index in [9.17, 15) is 0 Å². The van der Waals surface area contributed by atoms with Crippen molar-refractivity contribution >= 4 is 27.7 Å². The van der Waals surface area contributed by atoms with E-state index in [0.717, 1.165) is 6.54 Å². The zero-order chi connectivity index (χ0) is 11.6. The van der Waals surface area contributed by atoms with Crippen LogP contribution in [0.5, 0.6) is 0 Å². The second kappa shape index (κ2) is 5.11. The molecule has 0 aliphatic heterocycles. The minimum atomic E-state index is 0.244. The standard InChI is InChI=1S/C13H18BrNS/c1-16-12-7-10(6-11(14)8-12)13(9-15)4-2-3-5-13/h6-8H,2-5,9,15H2,1H3. The molecule has 0 spiro atoms. The predicted octanol–water partition coefficient (Wildman–Crippen LogP) is 3.94. The first-order chi connectivity index (χ1) is 7.70. The van der Waals surface area contributed by atoms with Crippen LogP contribution in [0.25, 0.3) is 0 Å². The van der Waals surface area contributed by atoms with Gasteiger partial charge in [-0.25, -0.2) is 0 Å². The molecule has 0 bridgehead atoms. The largest absolute Gasteiger partial charge is 0.330 e. The zero-order valence-corrected chi connectivity index (χ0v) is 12.0. The van der Waals surface area contributed by atoms with Crippen LogP contribution in [0, 0.1) is 0 Å². The van der Waals surface area contributed by atoms with Crippen molar-refractivity contribution in [1.82, 2.24) is 0 Å². The molecule has 88 valence electrons. The van der Waals surface area contributed by atoms with Gasteiger partial charge in [0.2, 0.25) is 0 Å². The second-order valence-corrected chi connectivity index (χ2v) is 6.37. The number of halogens is 1. The van der Waals surface area contributed by atoms with Gasteiger partial charge in [0.1, 0.15) is 0 Å². The van der Waals surface area contributed by atoms with Crippen LogP contribution in [-0.2, 0) is 5.41 Å². The Hall–Kier alpha value is 0.01000. The Balaban J connectivity index is 2.41. The monoisotopic (exact) mass is 299 g/mol. The highest BCUT2D eigenvalue weighted by molar-refractivity contribution is 9.10. The van der Waals surface area contributed by atoms with Gasteiger partial charge in [-0.1, -0.05) is 28.8 Å². The first kappa shape index (κ1) is 12.5. The Kier molecular flexibility index (Phi) is 3.98. The lowest BCUT2D eigenvalue weighted by molar-refractivity contribution is 0.452. The molecule has 1 saturated carbocycles. The third-order valence-corrected chi connectivity index (χ3v) is 4.84. The summed E-state index contributed by atoms with van der Waals surface area (Å²) < 4.78 is 1.18. The lowest BCUT2D eigenvalue weighted by Crippen LogP contribution is -2.32. The quantitative estimate of drug-likeness (QED) is 0.856. The fraction of sp³-hybridized carbons (Fsp3) is 0.538. The van der Waals surface area contributed by atoms with Crippen LogP contribution in [-0.4, -0.2) is 12.8 Å². The molecule has 0 amide bonds. The summed E-state index contributed by atoms with van der Waals surface area (Å²) in [5, 5.41) is 0. The molecular formula is C13H18BrNS. The fourth-order valence-corrected chi connectivity index (χ4v) is 3.78. The van der Waals surface area contributed by atoms with Crippen LogP contribution in [0.2, 0.25) is 0 Å². The van der Waals surface area contributed by atoms with Gasteiger partial charge in [0.15, 0.2) is 0 Å². The highest BCUT2D eigenvalue weighted by Gasteiger charge is 2.34. The van der Waals surface area contributed by atoms with Crippen molar-refractivity contribution in [3.05, 3.63) is 28.2 Å². The van der Waals surface area contributed by atoms with Gasteiger partial charge in [0.25, 0.3) is 0 Å². The molecule has 0 heterocycles. The number of hydrogen-bond acceptors (Lipinski definition) is 2. The summed E-state index contributed by atoms with van der Waals surface area (Å²) >= 11 is 5.39. The number of rotatable bonds is 3. The summed E-state index contributed by atoms with van der Waals surface area (Å²) in [6.07, 6.45) is 7.24. The van der Waals surface area contributed by atoms with Crippen LogP contribution in [0.4, 0.5) is 0 Å². The number of nitrogens with two attached hydrogens (primary N) is 1. The Morgan fingerprint density at radius 3 is 2.56 bits per heavy atom. The summed E-state index contributed by atoms with van der Waals surface area (Å²) in [6, 6.07) is 6.73. The highest BCUT2D eigenvalue weighted by atomic mass is 79.9. The number of thioether (sulfide) groups is 1. The van der Waals surface area contributed by atoms with E-state index < -0.39 is 0 Å². The van der Waals surface area contributed by atoms with Gasteiger partial charge in [0.05, 0.1) is 0 Å². The minimum Gasteiger partial charge on any atom is -0.330 e. The number of benzene rings is 1. The molecule has 3 heteroatoms. The average molecular weight is 300 g/mol. The molecule has 1 aromatic carbocycles. The van der Waals surface area contributed by atoms with Crippen molar-refractivity contribution in [2.24, 2.45) is 5.73 Å². The van der Waals surface area contributed by atoms with Crippen LogP contribution >= 0.6 is 27.7 Å². The third kappa shape index (κ3) is 2.31. The molecule has 2 rings (SSSR count). The van der Waals surface area contributed by atoms with Gasteiger partial charge >= 0.3 is 0 Å². The maximum absolute atomic E-state index is 6.02.